The first kappa shape index (κ1) is 13.0. The fourth-order valence-electron chi connectivity index (χ4n) is 1.40. The molecule has 0 radical (unpaired) electrons. The second-order valence-electron chi connectivity index (χ2n) is 3.80. The summed E-state index contributed by atoms with van der Waals surface area (Å²) >= 11 is 0. The van der Waals surface area contributed by atoms with Crippen LogP contribution in [0.3, 0.4) is 0 Å². The first-order valence-corrected chi connectivity index (χ1v) is 5.25. The molecule has 0 bridgehead atoms. The number of allylic oxidation sites excluding steroid dienone is 5. The summed E-state index contributed by atoms with van der Waals surface area (Å²) in [6.45, 7) is 5.30. The molecule has 0 saturated carbocycles. The van der Waals surface area contributed by atoms with E-state index in [0.29, 0.717) is 5.70 Å². The van der Waals surface area contributed by atoms with Gasteiger partial charge in [0.05, 0.1) is 5.70 Å². The SMILES string of the molecule is C/C=C/C=C/C(=O)C1=C(O)C(=C(C)C)NC1=O. The van der Waals surface area contributed by atoms with Gasteiger partial charge in [0.15, 0.2) is 11.5 Å². The molecule has 0 unspecified atom stereocenters. The fourth-order valence-corrected chi connectivity index (χ4v) is 1.40. The lowest BCUT2D eigenvalue weighted by Gasteiger charge is -1.99. The lowest BCUT2D eigenvalue weighted by molar-refractivity contribution is -0.119. The third kappa shape index (κ3) is 2.72. The first-order chi connectivity index (χ1) is 7.99. The number of hydrogen-bond donors (Lipinski definition) is 2. The average molecular weight is 233 g/mol. The number of carbonyl (C=O) groups excluding carboxylic acids is 2. The Bertz CT molecular complexity index is 475. The van der Waals surface area contributed by atoms with Crippen LogP contribution >= 0.6 is 0 Å². The fraction of sp³-hybridized carbons (Fsp3) is 0.231. The van der Waals surface area contributed by atoms with Gasteiger partial charge in [-0.3, -0.25) is 9.59 Å². The van der Waals surface area contributed by atoms with Crippen molar-refractivity contribution in [2.75, 3.05) is 0 Å². The normalized spacial score (nSPS) is 16.2. The van der Waals surface area contributed by atoms with Crippen molar-refractivity contribution in [1.82, 2.24) is 5.32 Å². The number of hydrogen-bond acceptors (Lipinski definition) is 3. The summed E-state index contributed by atoms with van der Waals surface area (Å²) in [6, 6.07) is 0. The van der Waals surface area contributed by atoms with Gasteiger partial charge in [0.1, 0.15) is 5.57 Å². The van der Waals surface area contributed by atoms with Crippen molar-refractivity contribution in [2.24, 2.45) is 0 Å². The van der Waals surface area contributed by atoms with Crippen molar-refractivity contribution >= 4 is 11.7 Å². The van der Waals surface area contributed by atoms with Gasteiger partial charge in [-0.2, -0.15) is 0 Å². The minimum absolute atomic E-state index is 0.207. The number of carbonyl (C=O) groups is 2. The van der Waals surface area contributed by atoms with E-state index in [1.807, 2.05) is 6.92 Å². The standard InChI is InChI=1S/C13H15NO3/c1-4-5-6-7-9(15)10-12(16)11(8(2)3)14-13(10)17/h4-7,16H,1-3H3,(H,14,17)/b5-4+,7-6+. The molecule has 0 saturated heterocycles. The van der Waals surface area contributed by atoms with E-state index in [0.717, 1.165) is 5.57 Å². The Hall–Kier alpha value is -2.10. The van der Waals surface area contributed by atoms with Gasteiger partial charge >= 0.3 is 0 Å². The third-order valence-corrected chi connectivity index (χ3v) is 2.24. The maximum atomic E-state index is 11.7. The van der Waals surface area contributed by atoms with Crippen LogP contribution in [0.5, 0.6) is 0 Å². The Labute approximate surface area is 100 Å². The van der Waals surface area contributed by atoms with E-state index in [1.165, 1.54) is 12.2 Å². The summed E-state index contributed by atoms with van der Waals surface area (Å²) < 4.78 is 0. The maximum Gasteiger partial charge on any atom is 0.263 e. The Kier molecular flexibility index (Phi) is 4.04. The zero-order chi connectivity index (χ0) is 13.0. The molecule has 90 valence electrons. The molecule has 1 aliphatic rings. The quantitative estimate of drug-likeness (QED) is 0.444. The van der Waals surface area contributed by atoms with Crippen molar-refractivity contribution in [2.45, 2.75) is 20.8 Å². The van der Waals surface area contributed by atoms with Crippen LogP contribution in [0.1, 0.15) is 20.8 Å². The zero-order valence-electron chi connectivity index (χ0n) is 10.1. The number of ketones is 1. The Morgan fingerprint density at radius 1 is 1.29 bits per heavy atom. The van der Waals surface area contributed by atoms with Gasteiger partial charge in [-0.1, -0.05) is 18.2 Å². The van der Waals surface area contributed by atoms with Crippen LogP contribution in [0.25, 0.3) is 0 Å². The Morgan fingerprint density at radius 3 is 2.41 bits per heavy atom. The molecular weight excluding hydrogens is 218 g/mol. The highest BCUT2D eigenvalue weighted by molar-refractivity contribution is 6.26. The van der Waals surface area contributed by atoms with E-state index >= 15 is 0 Å². The van der Waals surface area contributed by atoms with Gasteiger partial charge in [-0.15, -0.1) is 0 Å². The zero-order valence-corrected chi connectivity index (χ0v) is 10.1. The van der Waals surface area contributed by atoms with Crippen molar-refractivity contribution < 1.29 is 14.7 Å². The highest BCUT2D eigenvalue weighted by Gasteiger charge is 2.31. The molecule has 1 rings (SSSR count). The predicted octanol–water partition coefficient (Wildman–Crippen LogP) is 1.92. The molecule has 4 heteroatoms. The molecular formula is C13H15NO3. The lowest BCUT2D eigenvalue weighted by atomic mass is 10.1. The van der Waals surface area contributed by atoms with Gasteiger partial charge in [0, 0.05) is 0 Å². The minimum atomic E-state index is -0.561. The summed E-state index contributed by atoms with van der Waals surface area (Å²) in [5, 5.41) is 12.3. The first-order valence-electron chi connectivity index (χ1n) is 5.25. The number of aliphatic hydroxyl groups is 1. The topological polar surface area (TPSA) is 66.4 Å². The molecule has 17 heavy (non-hydrogen) atoms. The second-order valence-corrected chi connectivity index (χ2v) is 3.80. The van der Waals surface area contributed by atoms with E-state index in [9.17, 15) is 14.7 Å². The molecule has 4 nitrogen and oxygen atoms in total. The van der Waals surface area contributed by atoms with Crippen molar-refractivity contribution in [3.63, 3.8) is 0 Å². The van der Waals surface area contributed by atoms with E-state index in [1.54, 1.807) is 26.0 Å². The number of rotatable bonds is 3. The van der Waals surface area contributed by atoms with Crippen molar-refractivity contribution in [3.8, 4) is 0 Å². The summed E-state index contributed by atoms with van der Waals surface area (Å²) in [5.74, 6) is -1.34. The van der Waals surface area contributed by atoms with Crippen LogP contribution in [-0.4, -0.2) is 16.8 Å². The third-order valence-electron chi connectivity index (χ3n) is 2.24. The van der Waals surface area contributed by atoms with Crippen LogP contribution < -0.4 is 5.32 Å². The largest absolute Gasteiger partial charge is 0.505 e. The Morgan fingerprint density at radius 2 is 1.94 bits per heavy atom. The monoisotopic (exact) mass is 233 g/mol. The van der Waals surface area contributed by atoms with Gasteiger partial charge in [0.2, 0.25) is 0 Å². The van der Waals surface area contributed by atoms with Crippen LogP contribution in [0, 0.1) is 0 Å². The van der Waals surface area contributed by atoms with Gasteiger partial charge in [0.25, 0.3) is 5.91 Å². The van der Waals surface area contributed by atoms with Crippen LogP contribution in [0.2, 0.25) is 0 Å². The van der Waals surface area contributed by atoms with Crippen molar-refractivity contribution in [1.29, 1.82) is 0 Å². The molecule has 1 amide bonds. The van der Waals surface area contributed by atoms with E-state index < -0.39 is 11.7 Å². The van der Waals surface area contributed by atoms with E-state index in [2.05, 4.69) is 5.32 Å². The highest BCUT2D eigenvalue weighted by Crippen LogP contribution is 2.21. The van der Waals surface area contributed by atoms with Crippen LogP contribution in [-0.2, 0) is 9.59 Å². The lowest BCUT2D eigenvalue weighted by Crippen LogP contribution is -2.19. The molecule has 0 aliphatic carbocycles. The highest BCUT2D eigenvalue weighted by atomic mass is 16.3. The minimum Gasteiger partial charge on any atom is -0.505 e. The number of aliphatic hydroxyl groups excluding tert-OH is 1. The molecule has 0 atom stereocenters. The van der Waals surface area contributed by atoms with Crippen LogP contribution in [0.4, 0.5) is 0 Å². The van der Waals surface area contributed by atoms with Crippen molar-refractivity contribution in [3.05, 3.63) is 46.9 Å². The number of nitrogens with one attached hydrogen (secondary N) is 1. The van der Waals surface area contributed by atoms with Gasteiger partial charge in [-0.25, -0.2) is 0 Å². The van der Waals surface area contributed by atoms with Gasteiger partial charge in [-0.05, 0) is 32.4 Å². The molecule has 2 N–H and O–H groups in total. The Balaban J connectivity index is 3.09. The van der Waals surface area contributed by atoms with E-state index in [-0.39, 0.29) is 11.3 Å². The molecule has 0 aromatic rings. The predicted molar refractivity (Wildman–Crippen MR) is 65.1 cm³/mol. The summed E-state index contributed by atoms with van der Waals surface area (Å²) in [6.07, 6.45) is 6.20. The molecule has 0 aromatic carbocycles. The summed E-state index contributed by atoms with van der Waals surface area (Å²) in [7, 11) is 0. The molecule has 0 aromatic heterocycles. The van der Waals surface area contributed by atoms with Gasteiger partial charge < -0.3 is 10.4 Å². The molecule has 0 spiro atoms. The smallest absolute Gasteiger partial charge is 0.263 e. The second kappa shape index (κ2) is 5.30. The summed E-state index contributed by atoms with van der Waals surface area (Å²) in [5.41, 5.74) is 0.857. The average Bonchev–Trinajstić information content (AvgIpc) is 2.54. The summed E-state index contributed by atoms with van der Waals surface area (Å²) in [4.78, 5) is 23.2. The molecule has 0 fully saturated rings. The van der Waals surface area contributed by atoms with E-state index in [4.69, 9.17) is 0 Å². The maximum absolute atomic E-state index is 11.7. The molecule has 1 heterocycles. The molecule has 1 aliphatic heterocycles. The van der Waals surface area contributed by atoms with Crippen LogP contribution in [0.15, 0.2) is 46.9 Å². The number of amides is 1.